The molecule has 2 aliphatic rings. The Morgan fingerprint density at radius 3 is 3.00 bits per heavy atom. The molecule has 1 fully saturated rings. The molecule has 0 amide bonds. The molecule has 1 aromatic heterocycles. The molecule has 1 aromatic carbocycles. The van der Waals surface area contributed by atoms with Crippen LogP contribution >= 0.6 is 23.1 Å². The number of aliphatic hydroxyl groups is 1. The highest BCUT2D eigenvalue weighted by molar-refractivity contribution is 8.02. The van der Waals surface area contributed by atoms with Gasteiger partial charge in [-0.05, 0) is 18.1 Å². The van der Waals surface area contributed by atoms with Crippen LogP contribution in [0.25, 0.3) is 5.76 Å². The number of para-hydroxylation sites is 1. The standard InChI is InChI=1S/C15H17BN4O3S2/c1-8(21)11-4-2-3-9-5-12(16(22)23-13(9)11)24-15-20-19-14(25-15)18-10-6-17-7-10/h2-4,10,12,17,21-22H,1,5-7H2,(H,18,19)/t12-/m0/s1. The van der Waals surface area contributed by atoms with Gasteiger partial charge in [-0.15, -0.1) is 10.2 Å². The minimum atomic E-state index is -0.992. The molecule has 4 N–H and O–H groups in total. The lowest BCUT2D eigenvalue weighted by Crippen LogP contribution is -2.51. The molecule has 10 heteroatoms. The van der Waals surface area contributed by atoms with Crippen molar-refractivity contribution in [1.82, 2.24) is 15.5 Å². The second-order valence-corrected chi connectivity index (χ2v) is 8.45. The van der Waals surface area contributed by atoms with Crippen molar-refractivity contribution in [2.24, 2.45) is 0 Å². The molecular formula is C15H17BN4O3S2. The third kappa shape index (κ3) is 3.48. The van der Waals surface area contributed by atoms with Gasteiger partial charge in [-0.2, -0.15) is 0 Å². The van der Waals surface area contributed by atoms with Crippen molar-refractivity contribution in [2.75, 3.05) is 18.4 Å². The quantitative estimate of drug-likeness (QED) is 0.461. The fourth-order valence-electron chi connectivity index (χ4n) is 2.74. The van der Waals surface area contributed by atoms with Crippen molar-refractivity contribution in [3.05, 3.63) is 35.9 Å². The predicted octanol–water partition coefficient (Wildman–Crippen LogP) is 1.57. The lowest BCUT2D eigenvalue weighted by molar-refractivity contribution is 0.392. The van der Waals surface area contributed by atoms with Crippen molar-refractivity contribution >= 4 is 41.1 Å². The first-order valence-electron chi connectivity index (χ1n) is 7.92. The summed E-state index contributed by atoms with van der Waals surface area (Å²) in [5, 5.41) is 35.5. The first-order chi connectivity index (χ1) is 12.1. The largest absolute Gasteiger partial charge is 0.537 e. The normalized spacial score (nSPS) is 19.7. The summed E-state index contributed by atoms with van der Waals surface area (Å²) in [5.41, 5.74) is 1.44. The van der Waals surface area contributed by atoms with Gasteiger partial charge in [0.1, 0.15) is 11.5 Å². The Morgan fingerprint density at radius 1 is 1.44 bits per heavy atom. The minimum absolute atomic E-state index is 0.0690. The van der Waals surface area contributed by atoms with Crippen molar-refractivity contribution in [2.45, 2.75) is 22.0 Å². The van der Waals surface area contributed by atoms with Crippen molar-refractivity contribution in [3.63, 3.8) is 0 Å². The van der Waals surface area contributed by atoms with Crippen LogP contribution in [-0.4, -0.2) is 51.7 Å². The molecule has 4 rings (SSSR count). The third-order valence-corrected chi connectivity index (χ3v) is 6.33. The van der Waals surface area contributed by atoms with Crippen LogP contribution in [0.5, 0.6) is 5.75 Å². The Morgan fingerprint density at radius 2 is 2.28 bits per heavy atom. The Kier molecular flexibility index (Phi) is 4.59. The highest BCUT2D eigenvalue weighted by Crippen LogP contribution is 2.39. The van der Waals surface area contributed by atoms with E-state index in [0.29, 0.717) is 23.8 Å². The van der Waals surface area contributed by atoms with Crippen LogP contribution < -0.4 is 15.3 Å². The second-order valence-electron chi connectivity index (χ2n) is 5.98. The predicted molar refractivity (Wildman–Crippen MR) is 100 cm³/mol. The number of rotatable bonds is 5. The summed E-state index contributed by atoms with van der Waals surface area (Å²) in [6, 6.07) is 5.90. The molecule has 3 heterocycles. The van der Waals surface area contributed by atoms with E-state index in [-0.39, 0.29) is 10.9 Å². The molecule has 0 unspecified atom stereocenters. The number of nitrogens with one attached hydrogen (secondary N) is 2. The molecule has 7 nitrogen and oxygen atoms in total. The Bertz CT molecular complexity index is 799. The van der Waals surface area contributed by atoms with Gasteiger partial charge in [0.05, 0.1) is 16.8 Å². The molecule has 1 saturated heterocycles. The maximum atomic E-state index is 10.4. The summed E-state index contributed by atoms with van der Waals surface area (Å²) < 4.78 is 6.44. The summed E-state index contributed by atoms with van der Waals surface area (Å²) in [6.07, 6.45) is 0.608. The molecule has 0 aliphatic carbocycles. The molecule has 25 heavy (non-hydrogen) atoms. The molecule has 0 saturated carbocycles. The third-order valence-electron chi connectivity index (χ3n) is 4.15. The number of nitrogens with zero attached hydrogens (tertiary/aromatic N) is 2. The maximum absolute atomic E-state index is 10.4. The van der Waals surface area contributed by atoms with Crippen LogP contribution in [0.2, 0.25) is 0 Å². The lowest BCUT2D eigenvalue weighted by Gasteiger charge is -2.28. The van der Waals surface area contributed by atoms with E-state index in [1.807, 2.05) is 12.1 Å². The summed E-state index contributed by atoms with van der Waals surface area (Å²) in [6.45, 7) is 5.42. The van der Waals surface area contributed by atoms with Gasteiger partial charge in [0.2, 0.25) is 5.13 Å². The van der Waals surface area contributed by atoms with E-state index in [9.17, 15) is 10.1 Å². The number of hydrogen-bond acceptors (Lipinski definition) is 9. The van der Waals surface area contributed by atoms with Gasteiger partial charge < -0.3 is 25.4 Å². The van der Waals surface area contributed by atoms with Gasteiger partial charge in [-0.25, -0.2) is 0 Å². The van der Waals surface area contributed by atoms with E-state index in [0.717, 1.165) is 28.1 Å². The van der Waals surface area contributed by atoms with E-state index < -0.39 is 7.12 Å². The number of fused-ring (bicyclic) bond motifs is 1. The summed E-state index contributed by atoms with van der Waals surface area (Å²) in [4.78, 5) is 0. The number of hydrogen-bond donors (Lipinski definition) is 4. The second kappa shape index (κ2) is 6.87. The zero-order valence-electron chi connectivity index (χ0n) is 13.3. The highest BCUT2D eigenvalue weighted by Gasteiger charge is 2.37. The number of aliphatic hydroxyl groups excluding tert-OH is 1. The SMILES string of the molecule is C=C(O)c1cccc2c1OB(O)[C@@H](Sc1nnc(NC3CNC3)s1)C2. The van der Waals surface area contributed by atoms with Crippen LogP contribution in [0.3, 0.4) is 0 Å². The summed E-state index contributed by atoms with van der Waals surface area (Å²) >= 11 is 2.93. The average molecular weight is 376 g/mol. The van der Waals surface area contributed by atoms with E-state index in [1.54, 1.807) is 6.07 Å². The van der Waals surface area contributed by atoms with E-state index in [2.05, 4.69) is 27.4 Å². The Hall–Kier alpha value is -1.75. The van der Waals surface area contributed by atoms with Gasteiger partial charge >= 0.3 is 7.12 Å². The van der Waals surface area contributed by atoms with Crippen LogP contribution in [-0.2, 0) is 6.42 Å². The van der Waals surface area contributed by atoms with Gasteiger partial charge in [0.25, 0.3) is 0 Å². The maximum Gasteiger partial charge on any atom is 0.537 e. The minimum Gasteiger partial charge on any atom is -0.535 e. The smallest absolute Gasteiger partial charge is 0.535 e. The zero-order chi connectivity index (χ0) is 17.4. The number of aromatic nitrogens is 2. The Balaban J connectivity index is 1.47. The molecule has 0 radical (unpaired) electrons. The molecule has 2 aromatic rings. The van der Waals surface area contributed by atoms with Crippen molar-refractivity contribution in [3.8, 4) is 5.75 Å². The van der Waals surface area contributed by atoms with Gasteiger partial charge in [-0.1, -0.05) is 41.8 Å². The topological polar surface area (TPSA) is 99.5 Å². The average Bonchev–Trinajstić information content (AvgIpc) is 2.98. The summed E-state index contributed by atoms with van der Waals surface area (Å²) in [7, 11) is -0.992. The van der Waals surface area contributed by atoms with E-state index in [1.165, 1.54) is 23.1 Å². The molecule has 0 spiro atoms. The van der Waals surface area contributed by atoms with Gasteiger partial charge in [0.15, 0.2) is 4.34 Å². The first-order valence-corrected chi connectivity index (χ1v) is 9.62. The molecule has 1 atom stereocenters. The molecular weight excluding hydrogens is 359 g/mol. The highest BCUT2D eigenvalue weighted by atomic mass is 32.2. The van der Waals surface area contributed by atoms with Crippen molar-refractivity contribution in [1.29, 1.82) is 0 Å². The molecule has 2 aliphatic heterocycles. The van der Waals surface area contributed by atoms with Crippen LogP contribution in [0.4, 0.5) is 5.13 Å². The van der Waals surface area contributed by atoms with Crippen LogP contribution in [0.15, 0.2) is 29.1 Å². The van der Waals surface area contributed by atoms with E-state index in [4.69, 9.17) is 4.65 Å². The summed E-state index contributed by atoms with van der Waals surface area (Å²) in [5.74, 6) is 0.428. The fourth-order valence-corrected chi connectivity index (χ4v) is 4.87. The monoisotopic (exact) mass is 376 g/mol. The van der Waals surface area contributed by atoms with Gasteiger partial charge in [0, 0.05) is 13.1 Å². The van der Waals surface area contributed by atoms with Crippen LogP contribution in [0, 0.1) is 0 Å². The van der Waals surface area contributed by atoms with Gasteiger partial charge in [-0.3, -0.25) is 0 Å². The lowest BCUT2D eigenvalue weighted by atomic mass is 9.77. The molecule has 0 bridgehead atoms. The fraction of sp³-hybridized carbons (Fsp3) is 0.333. The van der Waals surface area contributed by atoms with Crippen LogP contribution in [0.1, 0.15) is 11.1 Å². The number of thioether (sulfide) groups is 1. The number of anilines is 1. The Labute approximate surface area is 153 Å². The number of benzene rings is 1. The first kappa shape index (κ1) is 16.7. The van der Waals surface area contributed by atoms with E-state index >= 15 is 0 Å². The van der Waals surface area contributed by atoms with Crippen molar-refractivity contribution < 1.29 is 14.8 Å². The molecule has 130 valence electrons. The zero-order valence-corrected chi connectivity index (χ0v) is 14.9.